The Morgan fingerprint density at radius 2 is 1.81 bits per heavy atom. The predicted molar refractivity (Wildman–Crippen MR) is 98.5 cm³/mol. The van der Waals surface area contributed by atoms with E-state index in [1.165, 1.54) is 38.5 Å². The molecule has 0 radical (unpaired) electrons. The van der Waals surface area contributed by atoms with Gasteiger partial charge in [-0.3, -0.25) is 14.9 Å². The van der Waals surface area contributed by atoms with Crippen molar-refractivity contribution in [2.24, 2.45) is 0 Å². The van der Waals surface area contributed by atoms with Crippen LogP contribution in [0.15, 0.2) is 42.5 Å². The van der Waals surface area contributed by atoms with Crippen LogP contribution in [-0.4, -0.2) is 25.1 Å². The number of carbonyl (C=O) groups excluding carboxylic acids is 1. The molecule has 136 valence electrons. The number of hydrogen-bond donors (Lipinski definition) is 1. The maximum absolute atomic E-state index is 12.0. The summed E-state index contributed by atoms with van der Waals surface area (Å²) in [4.78, 5) is 22.7. The summed E-state index contributed by atoms with van der Waals surface area (Å²) in [6.45, 7) is 0.314. The highest BCUT2D eigenvalue weighted by molar-refractivity contribution is 6.30. The zero-order valence-corrected chi connectivity index (χ0v) is 14.9. The van der Waals surface area contributed by atoms with Gasteiger partial charge in [0.25, 0.3) is 5.69 Å². The van der Waals surface area contributed by atoms with E-state index in [0.29, 0.717) is 17.3 Å². The Hall–Kier alpha value is -3.06. The maximum atomic E-state index is 12.0. The zero-order valence-electron chi connectivity index (χ0n) is 14.2. The molecule has 0 bridgehead atoms. The molecule has 0 aromatic heterocycles. The first kappa shape index (κ1) is 19.3. The van der Waals surface area contributed by atoms with Gasteiger partial charge in [0, 0.05) is 17.6 Å². The molecule has 1 N–H and O–H groups in total. The third kappa shape index (κ3) is 4.97. The van der Waals surface area contributed by atoms with Gasteiger partial charge in [-0.15, -0.1) is 0 Å². The first-order valence-electron chi connectivity index (χ1n) is 7.55. The summed E-state index contributed by atoms with van der Waals surface area (Å²) >= 11 is 5.81. The van der Waals surface area contributed by atoms with Crippen molar-refractivity contribution in [2.75, 3.05) is 14.2 Å². The minimum Gasteiger partial charge on any atom is -0.493 e. The van der Waals surface area contributed by atoms with Gasteiger partial charge in [0.1, 0.15) is 0 Å². The number of benzene rings is 2. The molecule has 0 saturated heterocycles. The number of nitrogens with zero attached hydrogens (tertiary/aromatic N) is 1. The normalized spacial score (nSPS) is 10.6. The molecule has 26 heavy (non-hydrogen) atoms. The molecule has 0 saturated carbocycles. The Morgan fingerprint density at radius 1 is 1.19 bits per heavy atom. The Balaban J connectivity index is 2.13. The van der Waals surface area contributed by atoms with E-state index in [2.05, 4.69) is 5.32 Å². The van der Waals surface area contributed by atoms with Crippen LogP contribution in [0.1, 0.15) is 11.1 Å². The molecular formula is C18H17ClN2O5. The van der Waals surface area contributed by atoms with Gasteiger partial charge in [0.2, 0.25) is 5.91 Å². The number of hydrogen-bond acceptors (Lipinski definition) is 5. The Morgan fingerprint density at radius 3 is 2.38 bits per heavy atom. The van der Waals surface area contributed by atoms with E-state index in [9.17, 15) is 14.9 Å². The first-order chi connectivity index (χ1) is 12.4. The molecule has 7 nitrogen and oxygen atoms in total. The van der Waals surface area contributed by atoms with E-state index in [0.717, 1.165) is 5.56 Å². The van der Waals surface area contributed by atoms with Crippen LogP contribution < -0.4 is 14.8 Å². The van der Waals surface area contributed by atoms with E-state index >= 15 is 0 Å². The summed E-state index contributed by atoms with van der Waals surface area (Å²) in [6, 6.07) is 9.75. The molecule has 0 heterocycles. The highest BCUT2D eigenvalue weighted by Gasteiger charge is 2.18. The predicted octanol–water partition coefficient (Wildman–Crippen LogP) is 3.60. The number of carbonyl (C=O) groups is 1. The fraction of sp³-hybridized carbons (Fsp3) is 0.167. The van der Waals surface area contributed by atoms with Gasteiger partial charge in [0.15, 0.2) is 11.5 Å². The second-order valence-electron chi connectivity index (χ2n) is 5.20. The van der Waals surface area contributed by atoms with Crippen LogP contribution in [0.5, 0.6) is 11.5 Å². The summed E-state index contributed by atoms with van der Waals surface area (Å²) in [5, 5.41) is 14.5. The van der Waals surface area contributed by atoms with Crippen LogP contribution in [0.25, 0.3) is 6.08 Å². The molecular weight excluding hydrogens is 360 g/mol. The van der Waals surface area contributed by atoms with Crippen molar-refractivity contribution >= 4 is 29.3 Å². The highest BCUT2D eigenvalue weighted by Crippen LogP contribution is 2.35. The Kier molecular flexibility index (Phi) is 6.57. The SMILES string of the molecule is COc1cc(/C=C\C(=O)NCc2ccc(Cl)cc2)c([N+](=O)[O-])cc1OC. The minimum absolute atomic E-state index is 0.190. The molecule has 2 rings (SSSR count). The van der Waals surface area contributed by atoms with Gasteiger partial charge < -0.3 is 14.8 Å². The van der Waals surface area contributed by atoms with Gasteiger partial charge >= 0.3 is 0 Å². The maximum Gasteiger partial charge on any atom is 0.280 e. The fourth-order valence-corrected chi connectivity index (χ4v) is 2.32. The van der Waals surface area contributed by atoms with Crippen LogP contribution in [-0.2, 0) is 11.3 Å². The standard InChI is InChI=1S/C18H17ClN2O5/c1-25-16-9-13(15(21(23)24)10-17(16)26-2)5-8-18(22)20-11-12-3-6-14(19)7-4-12/h3-10H,11H2,1-2H3,(H,20,22)/b8-5-. The van der Waals surface area contributed by atoms with E-state index in [1.54, 1.807) is 24.3 Å². The number of nitrogens with one attached hydrogen (secondary N) is 1. The first-order valence-corrected chi connectivity index (χ1v) is 7.93. The molecule has 2 aromatic carbocycles. The van der Waals surface area contributed by atoms with Crippen LogP contribution in [0.4, 0.5) is 5.69 Å². The Bertz CT molecular complexity index is 834. The number of nitro groups is 1. The zero-order chi connectivity index (χ0) is 19.1. The highest BCUT2D eigenvalue weighted by atomic mass is 35.5. The molecule has 1 amide bonds. The molecule has 0 aliphatic carbocycles. The second-order valence-corrected chi connectivity index (χ2v) is 5.64. The molecule has 0 aliphatic rings. The summed E-state index contributed by atoms with van der Waals surface area (Å²) in [5.41, 5.74) is 0.923. The summed E-state index contributed by atoms with van der Waals surface area (Å²) in [6.07, 6.45) is 2.58. The van der Waals surface area contributed by atoms with Gasteiger partial charge in [-0.1, -0.05) is 23.7 Å². The third-order valence-electron chi connectivity index (χ3n) is 3.52. The number of amides is 1. The van der Waals surface area contributed by atoms with Gasteiger partial charge in [-0.05, 0) is 29.8 Å². The molecule has 0 aliphatic heterocycles. The lowest BCUT2D eigenvalue weighted by Crippen LogP contribution is -2.20. The third-order valence-corrected chi connectivity index (χ3v) is 3.78. The number of ether oxygens (including phenoxy) is 2. The topological polar surface area (TPSA) is 90.7 Å². The summed E-state index contributed by atoms with van der Waals surface area (Å²) in [7, 11) is 2.82. The number of nitro benzene ring substituents is 1. The van der Waals surface area contributed by atoms with Crippen molar-refractivity contribution in [1.29, 1.82) is 0 Å². The van der Waals surface area contributed by atoms with Gasteiger partial charge in [-0.25, -0.2) is 0 Å². The largest absolute Gasteiger partial charge is 0.493 e. The van der Waals surface area contributed by atoms with Crippen LogP contribution in [0.3, 0.4) is 0 Å². The average molecular weight is 377 g/mol. The minimum atomic E-state index is -0.548. The van der Waals surface area contributed by atoms with E-state index in [4.69, 9.17) is 21.1 Å². The smallest absolute Gasteiger partial charge is 0.280 e. The van der Waals surface area contributed by atoms with Crippen molar-refractivity contribution in [2.45, 2.75) is 6.54 Å². The Labute approximate surface area is 155 Å². The average Bonchev–Trinajstić information content (AvgIpc) is 2.64. The van der Waals surface area contributed by atoms with E-state index < -0.39 is 4.92 Å². The molecule has 2 aromatic rings. The lowest BCUT2D eigenvalue weighted by Gasteiger charge is -2.08. The summed E-state index contributed by atoms with van der Waals surface area (Å²) < 4.78 is 10.2. The van der Waals surface area contributed by atoms with Crippen molar-refractivity contribution < 1.29 is 19.2 Å². The van der Waals surface area contributed by atoms with Crippen molar-refractivity contribution in [3.63, 3.8) is 0 Å². The summed E-state index contributed by atoms with van der Waals surface area (Å²) in [5.74, 6) is 0.187. The number of methoxy groups -OCH3 is 2. The molecule has 0 spiro atoms. The van der Waals surface area contributed by atoms with Crippen LogP contribution in [0, 0.1) is 10.1 Å². The molecule has 0 fully saturated rings. The van der Waals surface area contributed by atoms with Crippen LogP contribution >= 0.6 is 11.6 Å². The lowest BCUT2D eigenvalue weighted by molar-refractivity contribution is -0.385. The fourth-order valence-electron chi connectivity index (χ4n) is 2.19. The quantitative estimate of drug-likeness (QED) is 0.453. The number of rotatable bonds is 7. The molecule has 0 unspecified atom stereocenters. The van der Waals surface area contributed by atoms with E-state index in [-0.39, 0.29) is 22.9 Å². The number of halogens is 1. The molecule has 8 heteroatoms. The second kappa shape index (κ2) is 8.87. The van der Waals surface area contributed by atoms with Crippen molar-refractivity contribution in [3.05, 3.63) is 68.7 Å². The lowest BCUT2D eigenvalue weighted by atomic mass is 10.1. The van der Waals surface area contributed by atoms with Crippen molar-refractivity contribution in [3.8, 4) is 11.5 Å². The monoisotopic (exact) mass is 376 g/mol. The van der Waals surface area contributed by atoms with Crippen molar-refractivity contribution in [1.82, 2.24) is 5.32 Å². The van der Waals surface area contributed by atoms with Crippen LogP contribution in [0.2, 0.25) is 5.02 Å². The van der Waals surface area contributed by atoms with E-state index in [1.807, 2.05) is 0 Å². The molecule has 0 atom stereocenters. The van der Waals surface area contributed by atoms with Gasteiger partial charge in [-0.2, -0.15) is 0 Å². The van der Waals surface area contributed by atoms with Gasteiger partial charge in [0.05, 0.1) is 30.8 Å².